The first kappa shape index (κ1) is 15.1. The number of azo groups is 1. The molecule has 0 bridgehead atoms. The van der Waals surface area contributed by atoms with E-state index in [0.717, 1.165) is 30.1 Å². The topological polar surface area (TPSA) is 45.3 Å². The number of benzene rings is 1. The Morgan fingerprint density at radius 1 is 1.00 bits per heavy atom. The normalized spacial score (nSPS) is 15.0. The highest BCUT2D eigenvalue weighted by molar-refractivity contribution is 6.30. The Hall–Kier alpha value is -2.40. The van der Waals surface area contributed by atoms with Gasteiger partial charge in [-0.05, 0) is 56.2 Å². The number of imidazole rings is 1. The summed E-state index contributed by atoms with van der Waals surface area (Å²) in [5, 5.41) is 9.39. The number of anilines is 1. The third-order valence-corrected chi connectivity index (χ3v) is 4.53. The van der Waals surface area contributed by atoms with Crippen LogP contribution in [0.4, 0.5) is 17.2 Å². The van der Waals surface area contributed by atoms with Crippen LogP contribution in [0.5, 0.6) is 0 Å². The average Bonchev–Trinajstić information content (AvgIpc) is 3.21. The molecule has 0 amide bonds. The molecule has 1 aliphatic rings. The highest BCUT2D eigenvalue weighted by Crippen LogP contribution is 2.27. The molecule has 0 aliphatic carbocycles. The van der Waals surface area contributed by atoms with Crippen LogP contribution in [0.2, 0.25) is 5.02 Å². The van der Waals surface area contributed by atoms with E-state index in [2.05, 4.69) is 32.2 Å². The predicted octanol–water partition coefficient (Wildman–Crippen LogP) is 5.31. The van der Waals surface area contributed by atoms with E-state index < -0.39 is 0 Å². The second-order valence-corrected chi connectivity index (χ2v) is 6.44. The molecule has 0 radical (unpaired) electrons. The summed E-state index contributed by atoms with van der Waals surface area (Å²) < 4.78 is 1.86. The maximum absolute atomic E-state index is 6.07. The van der Waals surface area contributed by atoms with Crippen molar-refractivity contribution in [2.45, 2.75) is 19.8 Å². The maximum atomic E-state index is 6.07. The Kier molecular flexibility index (Phi) is 3.94. The summed E-state index contributed by atoms with van der Waals surface area (Å²) in [7, 11) is 0. The summed E-state index contributed by atoms with van der Waals surface area (Å²) in [5.74, 6) is 0.705. The molecule has 0 unspecified atom stereocenters. The van der Waals surface area contributed by atoms with Gasteiger partial charge in [-0.1, -0.05) is 11.6 Å². The summed E-state index contributed by atoms with van der Waals surface area (Å²) >= 11 is 6.07. The number of aromatic nitrogens is 2. The highest BCUT2D eigenvalue weighted by atomic mass is 35.5. The van der Waals surface area contributed by atoms with Crippen LogP contribution in [0, 0.1) is 6.92 Å². The number of hydrogen-bond donors (Lipinski definition) is 0. The zero-order valence-electron chi connectivity index (χ0n) is 13.5. The molecule has 4 rings (SSSR count). The van der Waals surface area contributed by atoms with Gasteiger partial charge in [-0.3, -0.25) is 4.40 Å². The van der Waals surface area contributed by atoms with Gasteiger partial charge < -0.3 is 4.90 Å². The van der Waals surface area contributed by atoms with E-state index in [-0.39, 0.29) is 0 Å². The zero-order chi connectivity index (χ0) is 16.5. The van der Waals surface area contributed by atoms with Crippen molar-refractivity contribution < 1.29 is 0 Å². The van der Waals surface area contributed by atoms with Crippen molar-refractivity contribution in [1.29, 1.82) is 0 Å². The molecule has 5 nitrogen and oxygen atoms in total. The van der Waals surface area contributed by atoms with E-state index >= 15 is 0 Å². The van der Waals surface area contributed by atoms with Gasteiger partial charge in [-0.25, -0.2) is 4.98 Å². The lowest BCUT2D eigenvalue weighted by Gasteiger charge is -2.17. The van der Waals surface area contributed by atoms with E-state index in [1.165, 1.54) is 18.5 Å². The molecule has 3 aromatic rings. The predicted molar refractivity (Wildman–Crippen MR) is 97.0 cm³/mol. The number of pyridine rings is 1. The minimum absolute atomic E-state index is 0.645. The molecule has 24 heavy (non-hydrogen) atoms. The number of fused-ring (bicyclic) bond motifs is 1. The Balaban J connectivity index is 1.60. The van der Waals surface area contributed by atoms with Crippen LogP contribution < -0.4 is 4.90 Å². The van der Waals surface area contributed by atoms with Crippen molar-refractivity contribution in [3.8, 4) is 0 Å². The van der Waals surface area contributed by atoms with Gasteiger partial charge in [0.15, 0.2) is 5.82 Å². The second kappa shape index (κ2) is 6.24. The second-order valence-electron chi connectivity index (χ2n) is 6.01. The van der Waals surface area contributed by atoms with Crippen molar-refractivity contribution in [2.75, 3.05) is 18.0 Å². The van der Waals surface area contributed by atoms with Crippen LogP contribution in [0.1, 0.15) is 18.5 Å². The van der Waals surface area contributed by atoms with Gasteiger partial charge >= 0.3 is 0 Å². The molecule has 122 valence electrons. The SMILES string of the molecule is Cc1nc2ccc(Cl)cn2c1N=Nc1ccc(N2CCCC2)cc1. The van der Waals surface area contributed by atoms with Crippen LogP contribution in [-0.4, -0.2) is 22.5 Å². The first-order valence-corrected chi connectivity index (χ1v) is 8.49. The Labute approximate surface area is 145 Å². The fourth-order valence-corrected chi connectivity index (χ4v) is 3.22. The Morgan fingerprint density at radius 3 is 2.50 bits per heavy atom. The van der Waals surface area contributed by atoms with Crippen molar-refractivity contribution in [1.82, 2.24) is 9.38 Å². The van der Waals surface area contributed by atoms with Crippen LogP contribution >= 0.6 is 11.6 Å². The van der Waals surface area contributed by atoms with E-state index in [9.17, 15) is 0 Å². The number of hydrogen-bond acceptors (Lipinski definition) is 4. The highest BCUT2D eigenvalue weighted by Gasteiger charge is 2.12. The number of aryl methyl sites for hydroxylation is 1. The van der Waals surface area contributed by atoms with Crippen molar-refractivity contribution in [3.05, 3.63) is 53.3 Å². The fourth-order valence-electron chi connectivity index (χ4n) is 3.05. The summed E-state index contributed by atoms with van der Waals surface area (Å²) in [6.07, 6.45) is 4.36. The molecule has 0 spiro atoms. The fraction of sp³-hybridized carbons (Fsp3) is 0.278. The van der Waals surface area contributed by atoms with Crippen LogP contribution in [0.3, 0.4) is 0 Å². The standard InChI is InChI=1S/C18H18ClN5/c1-13-18(24-12-14(19)4-9-17(24)20-13)22-21-15-5-7-16(8-6-15)23-10-2-3-11-23/h4-9,12H,2-3,10-11H2,1H3. The third-order valence-electron chi connectivity index (χ3n) is 4.31. The lowest BCUT2D eigenvalue weighted by molar-refractivity contribution is 0.949. The first-order valence-electron chi connectivity index (χ1n) is 8.12. The van der Waals surface area contributed by atoms with Crippen LogP contribution in [-0.2, 0) is 0 Å². The van der Waals surface area contributed by atoms with Crippen LogP contribution in [0.15, 0.2) is 52.8 Å². The molecule has 1 saturated heterocycles. The van der Waals surface area contributed by atoms with Gasteiger partial charge in [0.25, 0.3) is 0 Å². The third kappa shape index (κ3) is 2.87. The van der Waals surface area contributed by atoms with Gasteiger partial charge in [0, 0.05) is 25.0 Å². The number of halogens is 1. The monoisotopic (exact) mass is 339 g/mol. The lowest BCUT2D eigenvalue weighted by atomic mass is 10.2. The maximum Gasteiger partial charge on any atom is 0.182 e. The largest absolute Gasteiger partial charge is 0.372 e. The van der Waals surface area contributed by atoms with Gasteiger partial charge in [-0.2, -0.15) is 0 Å². The minimum Gasteiger partial charge on any atom is -0.372 e. The van der Waals surface area contributed by atoms with Gasteiger partial charge in [0.2, 0.25) is 0 Å². The molecular formula is C18H18ClN5. The van der Waals surface area contributed by atoms with Crippen molar-refractivity contribution in [3.63, 3.8) is 0 Å². The van der Waals surface area contributed by atoms with Crippen molar-refractivity contribution in [2.24, 2.45) is 10.2 Å². The first-order chi connectivity index (χ1) is 11.7. The summed E-state index contributed by atoms with van der Waals surface area (Å²) in [6.45, 7) is 4.21. The summed E-state index contributed by atoms with van der Waals surface area (Å²) in [6, 6.07) is 11.9. The van der Waals surface area contributed by atoms with E-state index in [1.54, 1.807) is 0 Å². The van der Waals surface area contributed by atoms with E-state index in [4.69, 9.17) is 11.6 Å². The molecule has 3 heterocycles. The Bertz CT molecular complexity index is 892. The number of nitrogens with zero attached hydrogens (tertiary/aromatic N) is 5. The molecular weight excluding hydrogens is 322 g/mol. The molecule has 2 aromatic heterocycles. The molecule has 0 atom stereocenters. The van der Waals surface area contributed by atoms with Gasteiger partial charge in [0.05, 0.1) is 16.4 Å². The summed E-state index contributed by atoms with van der Waals surface area (Å²) in [5.41, 5.74) is 3.73. The molecule has 1 fully saturated rings. The molecule has 0 N–H and O–H groups in total. The minimum atomic E-state index is 0.645. The Morgan fingerprint density at radius 2 is 1.75 bits per heavy atom. The summed E-state index contributed by atoms with van der Waals surface area (Å²) in [4.78, 5) is 6.88. The molecule has 0 saturated carbocycles. The quantitative estimate of drug-likeness (QED) is 0.607. The average molecular weight is 340 g/mol. The lowest BCUT2D eigenvalue weighted by Crippen LogP contribution is -2.17. The molecule has 1 aliphatic heterocycles. The van der Waals surface area contributed by atoms with Gasteiger partial charge in [-0.15, -0.1) is 10.2 Å². The van der Waals surface area contributed by atoms with Crippen LogP contribution in [0.25, 0.3) is 5.65 Å². The van der Waals surface area contributed by atoms with E-state index in [1.807, 2.05) is 41.8 Å². The smallest absolute Gasteiger partial charge is 0.182 e. The molecule has 1 aromatic carbocycles. The zero-order valence-corrected chi connectivity index (χ0v) is 14.2. The van der Waals surface area contributed by atoms with Gasteiger partial charge in [0.1, 0.15) is 5.65 Å². The van der Waals surface area contributed by atoms with Crippen molar-refractivity contribution >= 4 is 34.4 Å². The molecule has 6 heteroatoms. The van der Waals surface area contributed by atoms with E-state index in [0.29, 0.717) is 10.8 Å². The number of rotatable bonds is 3.